The maximum atomic E-state index is 11.2. The molecule has 0 heterocycles. The summed E-state index contributed by atoms with van der Waals surface area (Å²) in [6.07, 6.45) is 0.598. The molecule has 0 aliphatic carbocycles. The van der Waals surface area contributed by atoms with Crippen LogP contribution in [-0.4, -0.2) is 23.7 Å². The van der Waals surface area contributed by atoms with Gasteiger partial charge < -0.3 is 10.1 Å². The van der Waals surface area contributed by atoms with Crippen molar-refractivity contribution >= 4 is 17.9 Å². The molecule has 1 aromatic carbocycles. The Morgan fingerprint density at radius 1 is 1.50 bits per heavy atom. The number of nitrogens with zero attached hydrogens (tertiary/aromatic N) is 1. The van der Waals surface area contributed by atoms with Crippen molar-refractivity contribution in [3.05, 3.63) is 39.9 Å². The van der Waals surface area contributed by atoms with Crippen LogP contribution in [0, 0.1) is 10.1 Å². The van der Waals surface area contributed by atoms with Crippen LogP contribution in [0.15, 0.2) is 24.3 Å². The zero-order valence-electron chi connectivity index (χ0n) is 8.38. The van der Waals surface area contributed by atoms with E-state index in [0.29, 0.717) is 11.8 Å². The number of benzene rings is 1. The minimum Gasteiger partial charge on any atom is -0.349 e. The highest BCUT2D eigenvalue weighted by molar-refractivity contribution is 5.80. The lowest BCUT2D eigenvalue weighted by atomic mass is 10.1. The Morgan fingerprint density at radius 2 is 2.25 bits per heavy atom. The van der Waals surface area contributed by atoms with E-state index in [9.17, 15) is 19.7 Å². The van der Waals surface area contributed by atoms with Crippen molar-refractivity contribution in [2.45, 2.75) is 6.42 Å². The Labute approximate surface area is 91.4 Å². The van der Waals surface area contributed by atoms with Crippen molar-refractivity contribution in [2.75, 3.05) is 6.54 Å². The summed E-state index contributed by atoms with van der Waals surface area (Å²) in [5.41, 5.74) is 0.485. The Kier molecular flexibility index (Phi) is 4.14. The summed E-state index contributed by atoms with van der Waals surface area (Å²) in [5, 5.41) is 12.8. The summed E-state index contributed by atoms with van der Waals surface area (Å²) in [5.74, 6) is -0.340. The molecule has 0 unspecified atom stereocenters. The Morgan fingerprint density at radius 3 is 2.88 bits per heavy atom. The first-order chi connectivity index (χ1) is 7.63. The summed E-state index contributed by atoms with van der Waals surface area (Å²) in [4.78, 5) is 31.2. The molecule has 0 bridgehead atoms. The third kappa shape index (κ3) is 3.49. The molecule has 6 nitrogen and oxygen atoms in total. The lowest BCUT2D eigenvalue weighted by Crippen LogP contribution is -2.26. The summed E-state index contributed by atoms with van der Waals surface area (Å²) < 4.78 is 0. The smallest absolute Gasteiger partial charge is 0.269 e. The quantitative estimate of drug-likeness (QED) is 0.445. The summed E-state index contributed by atoms with van der Waals surface area (Å²) in [7, 11) is 0. The number of nitro benzene ring substituents is 1. The summed E-state index contributed by atoms with van der Waals surface area (Å²) >= 11 is 0. The van der Waals surface area contributed by atoms with E-state index >= 15 is 0 Å². The topological polar surface area (TPSA) is 89.3 Å². The first-order valence-corrected chi connectivity index (χ1v) is 4.57. The number of non-ortho nitro benzene ring substituents is 1. The van der Waals surface area contributed by atoms with Crippen LogP contribution in [0.25, 0.3) is 0 Å². The Bertz CT molecular complexity index is 417. The van der Waals surface area contributed by atoms with Crippen molar-refractivity contribution in [3.8, 4) is 0 Å². The molecule has 1 aromatic rings. The second-order valence-corrected chi connectivity index (χ2v) is 3.07. The molecule has 0 aliphatic rings. The molecule has 84 valence electrons. The fourth-order valence-corrected chi connectivity index (χ4v) is 1.18. The highest BCUT2D eigenvalue weighted by atomic mass is 16.6. The third-order valence-corrected chi connectivity index (χ3v) is 1.87. The maximum absolute atomic E-state index is 11.2. The van der Waals surface area contributed by atoms with Crippen LogP contribution in [-0.2, 0) is 16.0 Å². The molecular weight excluding hydrogens is 212 g/mol. The van der Waals surface area contributed by atoms with Crippen molar-refractivity contribution in [1.82, 2.24) is 5.32 Å². The van der Waals surface area contributed by atoms with Crippen molar-refractivity contribution < 1.29 is 14.5 Å². The SMILES string of the molecule is O=CCNC(=O)Cc1cccc([N+](=O)[O-])c1. The molecule has 1 rings (SSSR count). The molecule has 0 aromatic heterocycles. The second-order valence-electron chi connectivity index (χ2n) is 3.07. The highest BCUT2D eigenvalue weighted by Gasteiger charge is 2.08. The van der Waals surface area contributed by atoms with E-state index in [4.69, 9.17) is 0 Å². The number of amides is 1. The van der Waals surface area contributed by atoms with E-state index in [0.717, 1.165) is 0 Å². The fourth-order valence-electron chi connectivity index (χ4n) is 1.18. The van der Waals surface area contributed by atoms with Crippen LogP contribution < -0.4 is 5.32 Å². The van der Waals surface area contributed by atoms with E-state index in [1.807, 2.05) is 0 Å². The van der Waals surface area contributed by atoms with Crippen LogP contribution in [0.1, 0.15) is 5.56 Å². The van der Waals surface area contributed by atoms with E-state index in [1.165, 1.54) is 18.2 Å². The van der Waals surface area contributed by atoms with Gasteiger partial charge in [0.15, 0.2) is 0 Å². The van der Waals surface area contributed by atoms with Gasteiger partial charge >= 0.3 is 0 Å². The lowest BCUT2D eigenvalue weighted by molar-refractivity contribution is -0.384. The standard InChI is InChI=1S/C10H10N2O4/c13-5-4-11-10(14)7-8-2-1-3-9(6-8)12(15)16/h1-3,5-6H,4,7H2,(H,11,14). The van der Waals surface area contributed by atoms with Gasteiger partial charge in [0, 0.05) is 12.1 Å². The van der Waals surface area contributed by atoms with Gasteiger partial charge in [-0.1, -0.05) is 12.1 Å². The predicted octanol–water partition coefficient (Wildman–Crippen LogP) is 0.452. The molecule has 1 N–H and O–H groups in total. The molecule has 16 heavy (non-hydrogen) atoms. The highest BCUT2D eigenvalue weighted by Crippen LogP contribution is 2.13. The van der Waals surface area contributed by atoms with Gasteiger partial charge in [-0.05, 0) is 5.56 Å². The molecule has 0 radical (unpaired) electrons. The molecule has 6 heteroatoms. The number of rotatable bonds is 5. The predicted molar refractivity (Wildman–Crippen MR) is 55.9 cm³/mol. The van der Waals surface area contributed by atoms with Crippen LogP contribution in [0.5, 0.6) is 0 Å². The minimum absolute atomic E-state index is 0.0233. The largest absolute Gasteiger partial charge is 0.349 e. The average molecular weight is 222 g/mol. The first-order valence-electron chi connectivity index (χ1n) is 4.57. The third-order valence-electron chi connectivity index (χ3n) is 1.87. The van der Waals surface area contributed by atoms with Gasteiger partial charge in [-0.2, -0.15) is 0 Å². The van der Waals surface area contributed by atoms with Crippen LogP contribution in [0.2, 0.25) is 0 Å². The van der Waals surface area contributed by atoms with E-state index in [1.54, 1.807) is 6.07 Å². The molecule has 0 saturated heterocycles. The number of hydrogen-bond donors (Lipinski definition) is 1. The summed E-state index contributed by atoms with van der Waals surface area (Å²) in [6.45, 7) is -0.0479. The monoisotopic (exact) mass is 222 g/mol. The first kappa shape index (κ1) is 11.8. The van der Waals surface area contributed by atoms with Gasteiger partial charge in [-0.25, -0.2) is 0 Å². The number of hydrogen-bond acceptors (Lipinski definition) is 4. The van der Waals surface area contributed by atoms with E-state index < -0.39 is 4.92 Å². The van der Waals surface area contributed by atoms with Gasteiger partial charge in [0.25, 0.3) is 5.69 Å². The number of aldehydes is 1. The zero-order valence-corrected chi connectivity index (χ0v) is 8.38. The lowest BCUT2D eigenvalue weighted by Gasteiger charge is -2.01. The molecular formula is C10H10N2O4. The second kappa shape index (κ2) is 5.59. The normalized spacial score (nSPS) is 9.50. The van der Waals surface area contributed by atoms with Crippen LogP contribution >= 0.6 is 0 Å². The van der Waals surface area contributed by atoms with Gasteiger partial charge in [0.1, 0.15) is 6.29 Å². The Hall–Kier alpha value is -2.24. The van der Waals surface area contributed by atoms with Gasteiger partial charge in [-0.3, -0.25) is 14.9 Å². The van der Waals surface area contributed by atoms with Gasteiger partial charge in [-0.15, -0.1) is 0 Å². The van der Waals surface area contributed by atoms with Crippen molar-refractivity contribution in [2.24, 2.45) is 0 Å². The molecule has 0 fully saturated rings. The van der Waals surface area contributed by atoms with Gasteiger partial charge in [0.05, 0.1) is 17.9 Å². The summed E-state index contributed by atoms with van der Waals surface area (Å²) in [6, 6.07) is 5.82. The van der Waals surface area contributed by atoms with Crippen LogP contribution in [0.3, 0.4) is 0 Å². The van der Waals surface area contributed by atoms with Crippen LogP contribution in [0.4, 0.5) is 5.69 Å². The number of nitro groups is 1. The van der Waals surface area contributed by atoms with Crippen molar-refractivity contribution in [3.63, 3.8) is 0 Å². The number of carbonyl (C=O) groups is 2. The minimum atomic E-state index is -0.521. The fraction of sp³-hybridized carbons (Fsp3) is 0.200. The molecule has 1 amide bonds. The number of carbonyl (C=O) groups excluding carboxylic acids is 2. The maximum Gasteiger partial charge on any atom is 0.269 e. The zero-order chi connectivity index (χ0) is 12.0. The molecule has 0 saturated carbocycles. The van der Waals surface area contributed by atoms with Gasteiger partial charge in [0.2, 0.25) is 5.91 Å². The van der Waals surface area contributed by atoms with Crippen molar-refractivity contribution in [1.29, 1.82) is 0 Å². The van der Waals surface area contributed by atoms with E-state index in [2.05, 4.69) is 5.32 Å². The molecule has 0 spiro atoms. The number of nitrogens with one attached hydrogen (secondary N) is 1. The molecule has 0 aliphatic heterocycles. The Balaban J connectivity index is 2.66. The average Bonchev–Trinajstić information content (AvgIpc) is 2.26. The molecule has 0 atom stereocenters. The van der Waals surface area contributed by atoms with E-state index in [-0.39, 0.29) is 24.6 Å².